The third-order valence-electron chi connectivity index (χ3n) is 4.96. The Morgan fingerprint density at radius 2 is 1.82 bits per heavy atom. The van der Waals surface area contributed by atoms with Gasteiger partial charge in [0.15, 0.2) is 0 Å². The molecule has 1 rings (SSSR count). The summed E-state index contributed by atoms with van der Waals surface area (Å²) in [6.07, 6.45) is 2.84. The van der Waals surface area contributed by atoms with Crippen LogP contribution in [0.1, 0.15) is 52.5 Å². The Bertz CT molecular complexity index is 888. The first-order valence-corrected chi connectivity index (χ1v) is 14.3. The molecule has 1 N–H and O–H groups in total. The van der Waals surface area contributed by atoms with Gasteiger partial charge in [-0.05, 0) is 58.2 Å². The first-order valence-electron chi connectivity index (χ1n) is 12.9. The molecule has 0 aliphatic carbocycles. The number of rotatable bonds is 22. The van der Waals surface area contributed by atoms with Crippen molar-refractivity contribution in [2.45, 2.75) is 71.3 Å². The number of carbonyl (C=O) groups is 2. The largest absolute Gasteiger partial charge is 0.497 e. The molecule has 0 saturated heterocycles. The Morgan fingerprint density at radius 3 is 2.44 bits per heavy atom. The fourth-order valence-electron chi connectivity index (χ4n) is 2.98. The molecule has 0 bridgehead atoms. The highest BCUT2D eigenvalue weighted by molar-refractivity contribution is 7.48. The lowest BCUT2D eigenvalue weighted by Gasteiger charge is -2.22. The Hall–Kier alpha value is -2.27. The first kappa shape index (κ1) is 34.8. The maximum absolute atomic E-state index is 13.0. The summed E-state index contributed by atoms with van der Waals surface area (Å²) >= 11 is 0. The average Bonchev–Trinajstić information content (AvgIpc) is 2.89. The van der Waals surface area contributed by atoms with E-state index in [0.717, 1.165) is 11.3 Å². The quantitative estimate of drug-likeness (QED) is 0.0692. The van der Waals surface area contributed by atoms with Crippen molar-refractivity contribution in [1.82, 2.24) is 5.32 Å². The van der Waals surface area contributed by atoms with Crippen LogP contribution in [0.15, 0.2) is 36.9 Å². The minimum absolute atomic E-state index is 0.0512. The summed E-state index contributed by atoms with van der Waals surface area (Å²) in [6.45, 7) is 11.5. The van der Waals surface area contributed by atoms with Gasteiger partial charge in [-0.15, -0.1) is 6.58 Å². The van der Waals surface area contributed by atoms with Gasteiger partial charge < -0.3 is 24.3 Å². The molecule has 0 spiro atoms. The van der Waals surface area contributed by atoms with Crippen molar-refractivity contribution in [3.05, 3.63) is 42.5 Å². The summed E-state index contributed by atoms with van der Waals surface area (Å²) in [5.41, 5.74) is 0.445. The molecular formula is C27H44NO10P. The normalized spacial score (nSPS) is 14.6. The molecular weight excluding hydrogens is 529 g/mol. The van der Waals surface area contributed by atoms with Crippen molar-refractivity contribution in [2.75, 3.05) is 40.1 Å². The van der Waals surface area contributed by atoms with Crippen molar-refractivity contribution in [3.63, 3.8) is 0 Å². The van der Waals surface area contributed by atoms with Gasteiger partial charge in [0.05, 0.1) is 52.3 Å². The fraction of sp³-hybridized carbons (Fsp3) is 0.630. The number of benzene rings is 1. The fourth-order valence-corrected chi connectivity index (χ4v) is 4.21. The van der Waals surface area contributed by atoms with E-state index in [1.807, 2.05) is 31.2 Å². The van der Waals surface area contributed by atoms with E-state index in [1.54, 1.807) is 27.9 Å². The Labute approximate surface area is 232 Å². The predicted octanol–water partition coefficient (Wildman–Crippen LogP) is 4.59. The van der Waals surface area contributed by atoms with Gasteiger partial charge in [-0.25, -0.2) is 4.57 Å². The molecule has 0 aliphatic heterocycles. The molecule has 3 unspecified atom stereocenters. The van der Waals surface area contributed by atoms with E-state index >= 15 is 0 Å². The van der Waals surface area contributed by atoms with Gasteiger partial charge in [0.2, 0.25) is 6.41 Å². The molecule has 0 saturated carbocycles. The minimum Gasteiger partial charge on any atom is -0.497 e. The van der Waals surface area contributed by atoms with Crippen LogP contribution in [0.3, 0.4) is 0 Å². The van der Waals surface area contributed by atoms with Crippen LogP contribution in [0.25, 0.3) is 0 Å². The van der Waals surface area contributed by atoms with Crippen molar-refractivity contribution < 1.29 is 46.7 Å². The first-order chi connectivity index (χ1) is 18.5. The number of amides is 1. The molecule has 0 aromatic heterocycles. The molecule has 0 fully saturated rings. The number of methoxy groups -OCH3 is 1. The smallest absolute Gasteiger partial charge is 0.475 e. The van der Waals surface area contributed by atoms with E-state index in [2.05, 4.69) is 11.9 Å². The minimum atomic E-state index is -3.98. The van der Waals surface area contributed by atoms with Gasteiger partial charge in [-0.3, -0.25) is 23.2 Å². The molecule has 1 amide bonds. The molecule has 3 atom stereocenters. The second-order valence-corrected chi connectivity index (χ2v) is 11.3. The average molecular weight is 574 g/mol. The van der Waals surface area contributed by atoms with Crippen LogP contribution in [0.2, 0.25) is 0 Å². The molecule has 222 valence electrons. The molecule has 11 nitrogen and oxygen atoms in total. The zero-order valence-corrected chi connectivity index (χ0v) is 24.6. The van der Waals surface area contributed by atoms with E-state index in [1.165, 1.54) is 6.08 Å². The summed E-state index contributed by atoms with van der Waals surface area (Å²) in [6, 6.07) is 7.06. The van der Waals surface area contributed by atoms with Gasteiger partial charge in [0.1, 0.15) is 11.4 Å². The number of hydrogen-bond acceptors (Lipinski definition) is 10. The second-order valence-electron chi connectivity index (χ2n) is 9.67. The van der Waals surface area contributed by atoms with E-state index in [0.29, 0.717) is 26.0 Å². The van der Waals surface area contributed by atoms with Crippen LogP contribution in [0.4, 0.5) is 0 Å². The van der Waals surface area contributed by atoms with Crippen LogP contribution in [0, 0.1) is 0 Å². The zero-order chi connectivity index (χ0) is 29.2. The Balaban J connectivity index is 2.42. The van der Waals surface area contributed by atoms with Crippen LogP contribution in [0.5, 0.6) is 5.75 Å². The number of phosphoric acid groups is 1. The van der Waals surface area contributed by atoms with Gasteiger partial charge >= 0.3 is 13.8 Å². The molecule has 0 radical (unpaired) electrons. The SMILES string of the molecule is C=CCOP(=O)(OCCCC(=O)OC(C)(C)C)OCC(COCCC(C)OCc1ccc(OC)cc1)NC=O. The zero-order valence-electron chi connectivity index (χ0n) is 23.7. The lowest BCUT2D eigenvalue weighted by atomic mass is 10.2. The van der Waals surface area contributed by atoms with Crippen LogP contribution >= 0.6 is 7.82 Å². The van der Waals surface area contributed by atoms with Gasteiger partial charge in [0, 0.05) is 13.0 Å². The summed E-state index contributed by atoms with van der Waals surface area (Å²) in [5.74, 6) is 0.401. The molecule has 0 aliphatic rings. The third kappa shape index (κ3) is 17.1. The van der Waals surface area contributed by atoms with E-state index < -0.39 is 19.5 Å². The number of hydrogen-bond donors (Lipinski definition) is 1. The number of esters is 1. The summed E-state index contributed by atoms with van der Waals surface area (Å²) in [5, 5.41) is 2.57. The van der Waals surface area contributed by atoms with Gasteiger partial charge in [0.25, 0.3) is 0 Å². The van der Waals surface area contributed by atoms with E-state index in [-0.39, 0.29) is 51.3 Å². The maximum Gasteiger partial charge on any atom is 0.475 e. The number of phosphoric ester groups is 1. The van der Waals surface area contributed by atoms with Crippen LogP contribution < -0.4 is 10.1 Å². The maximum atomic E-state index is 13.0. The summed E-state index contributed by atoms with van der Waals surface area (Å²) in [7, 11) is -2.36. The predicted molar refractivity (Wildman–Crippen MR) is 146 cm³/mol. The number of ether oxygens (including phenoxy) is 4. The number of nitrogens with one attached hydrogen (secondary N) is 1. The van der Waals surface area contributed by atoms with Gasteiger partial charge in [-0.2, -0.15) is 0 Å². The Morgan fingerprint density at radius 1 is 1.10 bits per heavy atom. The highest BCUT2D eigenvalue weighted by Gasteiger charge is 2.28. The highest BCUT2D eigenvalue weighted by atomic mass is 31.2. The molecule has 1 aromatic carbocycles. The van der Waals surface area contributed by atoms with Crippen molar-refractivity contribution in [3.8, 4) is 5.75 Å². The van der Waals surface area contributed by atoms with Crippen molar-refractivity contribution in [2.24, 2.45) is 0 Å². The van der Waals surface area contributed by atoms with Crippen LogP contribution in [-0.4, -0.2) is 70.3 Å². The molecule has 1 aromatic rings. The van der Waals surface area contributed by atoms with E-state index in [4.69, 9.17) is 32.5 Å². The number of carbonyl (C=O) groups excluding carboxylic acids is 2. The lowest BCUT2D eigenvalue weighted by molar-refractivity contribution is -0.155. The highest BCUT2D eigenvalue weighted by Crippen LogP contribution is 2.49. The van der Waals surface area contributed by atoms with Gasteiger partial charge in [-0.1, -0.05) is 18.2 Å². The van der Waals surface area contributed by atoms with Crippen LogP contribution in [-0.2, 0) is 48.5 Å². The summed E-state index contributed by atoms with van der Waals surface area (Å²) < 4.78 is 50.9. The van der Waals surface area contributed by atoms with E-state index in [9.17, 15) is 14.2 Å². The summed E-state index contributed by atoms with van der Waals surface area (Å²) in [4.78, 5) is 22.9. The Kier molecular flexibility index (Phi) is 16.9. The van der Waals surface area contributed by atoms with Crippen molar-refractivity contribution >= 4 is 20.2 Å². The molecule has 12 heteroatoms. The lowest BCUT2D eigenvalue weighted by Crippen LogP contribution is -2.37. The topological polar surface area (TPSA) is 128 Å². The standard InChI is InChI=1S/C27H44NO10P/c1-7-15-35-39(31,36-16-8-9-26(30)38-27(3,4)5)37-20-24(28-21-29)19-33-17-14-22(2)34-18-23-10-12-25(32-6)13-11-23/h7,10-13,21-22,24H,1,8-9,14-20H2,2-6H3,(H,28,29). The van der Waals surface area contributed by atoms with Crippen molar-refractivity contribution in [1.29, 1.82) is 0 Å². The molecule has 0 heterocycles. The second kappa shape index (κ2) is 18.9. The monoisotopic (exact) mass is 573 g/mol. The third-order valence-corrected chi connectivity index (χ3v) is 6.39. The molecule has 39 heavy (non-hydrogen) atoms.